The molecule has 0 saturated carbocycles. The number of ether oxygens (including phenoxy) is 1. The molecule has 0 atom stereocenters. The Balaban J connectivity index is 1.27. The van der Waals surface area contributed by atoms with Crippen molar-refractivity contribution in [1.29, 1.82) is 0 Å². The van der Waals surface area contributed by atoms with Gasteiger partial charge in [0.05, 0.1) is 22.9 Å². The van der Waals surface area contributed by atoms with Crippen molar-refractivity contribution in [2.75, 3.05) is 51.3 Å². The van der Waals surface area contributed by atoms with Crippen molar-refractivity contribution in [1.82, 2.24) is 15.2 Å². The minimum Gasteiger partial charge on any atom is -0.496 e. The second-order valence-corrected chi connectivity index (χ2v) is 8.41. The van der Waals surface area contributed by atoms with E-state index in [0.717, 1.165) is 49.8 Å². The van der Waals surface area contributed by atoms with Crippen molar-refractivity contribution in [3.63, 3.8) is 0 Å². The molecule has 1 fully saturated rings. The lowest BCUT2D eigenvalue weighted by molar-refractivity contribution is 0.0944. The van der Waals surface area contributed by atoms with Gasteiger partial charge in [-0.1, -0.05) is 42.5 Å². The highest BCUT2D eigenvalue weighted by molar-refractivity contribution is 7.22. The second kappa shape index (κ2) is 9.45. The third-order valence-corrected chi connectivity index (χ3v) is 6.66. The lowest BCUT2D eigenvalue weighted by Crippen LogP contribution is -2.48. The Kier molecular flexibility index (Phi) is 6.50. The summed E-state index contributed by atoms with van der Waals surface area (Å²) >= 11 is 1.78. The minimum absolute atomic E-state index is 0.0905. The molecule has 1 aliphatic heterocycles. The second-order valence-electron chi connectivity index (χ2n) is 7.40. The largest absolute Gasteiger partial charge is 0.496 e. The van der Waals surface area contributed by atoms with Crippen molar-refractivity contribution < 1.29 is 9.53 Å². The van der Waals surface area contributed by atoms with Gasteiger partial charge in [-0.15, -0.1) is 0 Å². The van der Waals surface area contributed by atoms with Crippen molar-refractivity contribution in [3.8, 4) is 5.75 Å². The first-order valence-electron chi connectivity index (χ1n) is 10.5. The first kappa shape index (κ1) is 20.6. The van der Waals surface area contributed by atoms with Crippen LogP contribution in [0.5, 0.6) is 5.75 Å². The Bertz CT molecular complexity index is 1010. The number of carbonyl (C=O) groups excluding carboxylic acids is 1. The monoisotopic (exact) mass is 424 g/mol. The molecular weight excluding hydrogens is 396 g/mol. The number of thiazole rings is 1. The first-order chi connectivity index (χ1) is 14.7. The number of para-hydroxylation sites is 2. The highest BCUT2D eigenvalue weighted by atomic mass is 32.1. The standard InChI is InChI=1S/C23H28N4O2S/c1-3-17-7-6-10-20-21(17)25-23(30-20)27-15-13-26(14-16-27)12-11-24-22(28)18-8-4-5-9-19(18)29-2/h4-10H,3,11-16H2,1-2H3,(H,24,28). The van der Waals surface area contributed by atoms with Crippen molar-refractivity contribution >= 4 is 32.6 Å². The van der Waals surface area contributed by atoms with E-state index in [-0.39, 0.29) is 5.91 Å². The molecule has 2 aromatic carbocycles. The highest BCUT2D eigenvalue weighted by Gasteiger charge is 2.20. The summed E-state index contributed by atoms with van der Waals surface area (Å²) in [6.45, 7) is 7.51. The number of piperazine rings is 1. The van der Waals surface area contributed by atoms with Crippen LogP contribution in [0.2, 0.25) is 0 Å². The van der Waals surface area contributed by atoms with Gasteiger partial charge in [-0.05, 0) is 30.2 Å². The Morgan fingerprint density at radius 2 is 1.93 bits per heavy atom. The van der Waals surface area contributed by atoms with E-state index in [1.165, 1.54) is 10.3 Å². The maximum atomic E-state index is 12.4. The fourth-order valence-electron chi connectivity index (χ4n) is 3.83. The van der Waals surface area contributed by atoms with Gasteiger partial charge in [0.15, 0.2) is 5.13 Å². The van der Waals surface area contributed by atoms with Gasteiger partial charge in [0, 0.05) is 39.3 Å². The summed E-state index contributed by atoms with van der Waals surface area (Å²) in [6, 6.07) is 13.8. The van der Waals surface area contributed by atoms with Crippen molar-refractivity contribution in [2.45, 2.75) is 13.3 Å². The zero-order valence-corrected chi connectivity index (χ0v) is 18.4. The molecule has 7 heteroatoms. The highest BCUT2D eigenvalue weighted by Crippen LogP contribution is 2.31. The number of carbonyl (C=O) groups is 1. The fourth-order valence-corrected chi connectivity index (χ4v) is 4.90. The summed E-state index contributed by atoms with van der Waals surface area (Å²) in [6.07, 6.45) is 1.01. The van der Waals surface area contributed by atoms with Gasteiger partial charge in [0.25, 0.3) is 5.91 Å². The zero-order chi connectivity index (χ0) is 20.9. The Hall–Kier alpha value is -2.64. The summed E-state index contributed by atoms with van der Waals surface area (Å²) in [4.78, 5) is 22.1. The third-order valence-electron chi connectivity index (χ3n) is 5.58. The first-order valence-corrected chi connectivity index (χ1v) is 11.3. The molecule has 6 nitrogen and oxygen atoms in total. The van der Waals surface area contributed by atoms with Crippen LogP contribution >= 0.6 is 11.3 Å². The molecule has 1 saturated heterocycles. The maximum Gasteiger partial charge on any atom is 0.255 e. The maximum absolute atomic E-state index is 12.4. The van der Waals surface area contributed by atoms with E-state index in [4.69, 9.17) is 9.72 Å². The predicted octanol–water partition coefficient (Wildman–Crippen LogP) is 3.42. The number of aryl methyl sites for hydroxylation is 1. The lowest BCUT2D eigenvalue weighted by Gasteiger charge is -2.34. The molecule has 2 heterocycles. The number of benzene rings is 2. The molecule has 0 spiro atoms. The topological polar surface area (TPSA) is 57.7 Å². The molecule has 0 unspecified atom stereocenters. The molecule has 30 heavy (non-hydrogen) atoms. The number of nitrogens with zero attached hydrogens (tertiary/aromatic N) is 3. The van der Waals surface area contributed by atoms with Gasteiger partial charge < -0.3 is 15.0 Å². The average Bonchev–Trinajstić information content (AvgIpc) is 3.24. The normalized spacial score (nSPS) is 14.8. The molecular formula is C23H28N4O2S. The van der Waals surface area contributed by atoms with Crippen LogP contribution in [0.3, 0.4) is 0 Å². The van der Waals surface area contributed by atoms with Gasteiger partial charge in [0.1, 0.15) is 5.75 Å². The molecule has 1 amide bonds. The lowest BCUT2D eigenvalue weighted by atomic mass is 10.1. The van der Waals surface area contributed by atoms with Gasteiger partial charge >= 0.3 is 0 Å². The molecule has 1 aromatic heterocycles. The van der Waals surface area contributed by atoms with Gasteiger partial charge in [-0.2, -0.15) is 0 Å². The number of aromatic nitrogens is 1. The summed E-state index contributed by atoms with van der Waals surface area (Å²) < 4.78 is 6.54. The Labute approximate surface area is 181 Å². The molecule has 0 bridgehead atoms. The molecule has 158 valence electrons. The van der Waals surface area contributed by atoms with E-state index in [9.17, 15) is 4.79 Å². The SMILES string of the molecule is CCc1cccc2sc(N3CCN(CCNC(=O)c4ccccc4OC)CC3)nc12. The molecule has 4 rings (SSSR count). The summed E-state index contributed by atoms with van der Waals surface area (Å²) in [5.41, 5.74) is 3.05. The molecule has 0 radical (unpaired) electrons. The number of amides is 1. The van der Waals surface area contributed by atoms with E-state index in [2.05, 4.69) is 40.2 Å². The number of anilines is 1. The number of nitrogens with one attached hydrogen (secondary N) is 1. The van der Waals surface area contributed by atoms with Crippen molar-refractivity contribution in [2.24, 2.45) is 0 Å². The summed E-state index contributed by atoms with van der Waals surface area (Å²) in [5.74, 6) is 0.512. The number of methoxy groups -OCH3 is 1. The fraction of sp³-hybridized carbons (Fsp3) is 0.391. The average molecular weight is 425 g/mol. The third kappa shape index (κ3) is 4.42. The van der Waals surface area contributed by atoms with E-state index in [0.29, 0.717) is 17.9 Å². The smallest absolute Gasteiger partial charge is 0.255 e. The molecule has 0 aliphatic carbocycles. The van der Waals surface area contributed by atoms with Gasteiger partial charge in [-0.3, -0.25) is 9.69 Å². The Morgan fingerprint density at radius 3 is 2.70 bits per heavy atom. The van der Waals surface area contributed by atoms with E-state index in [1.54, 1.807) is 30.6 Å². The summed E-state index contributed by atoms with van der Waals surface area (Å²) in [5, 5.41) is 4.13. The van der Waals surface area contributed by atoms with Crippen LogP contribution in [0.25, 0.3) is 10.2 Å². The quantitative estimate of drug-likeness (QED) is 0.630. The van der Waals surface area contributed by atoms with Crippen LogP contribution in [-0.4, -0.2) is 62.2 Å². The van der Waals surface area contributed by atoms with Crippen LogP contribution in [0.15, 0.2) is 42.5 Å². The zero-order valence-electron chi connectivity index (χ0n) is 17.6. The van der Waals surface area contributed by atoms with Crippen LogP contribution in [-0.2, 0) is 6.42 Å². The number of fused-ring (bicyclic) bond motifs is 1. The number of rotatable bonds is 7. The minimum atomic E-state index is -0.0905. The van der Waals surface area contributed by atoms with Crippen LogP contribution in [0.4, 0.5) is 5.13 Å². The van der Waals surface area contributed by atoms with E-state index < -0.39 is 0 Å². The van der Waals surface area contributed by atoms with Crippen LogP contribution in [0.1, 0.15) is 22.8 Å². The van der Waals surface area contributed by atoms with Gasteiger partial charge in [0.2, 0.25) is 0 Å². The molecule has 3 aromatic rings. The van der Waals surface area contributed by atoms with E-state index >= 15 is 0 Å². The summed E-state index contributed by atoms with van der Waals surface area (Å²) in [7, 11) is 1.58. The van der Waals surface area contributed by atoms with E-state index in [1.807, 2.05) is 12.1 Å². The van der Waals surface area contributed by atoms with Crippen molar-refractivity contribution in [3.05, 3.63) is 53.6 Å². The van der Waals surface area contributed by atoms with Crippen LogP contribution < -0.4 is 15.0 Å². The Morgan fingerprint density at radius 1 is 1.13 bits per heavy atom. The molecule has 1 aliphatic rings. The number of hydrogen-bond donors (Lipinski definition) is 1. The molecule has 1 N–H and O–H groups in total. The number of hydrogen-bond acceptors (Lipinski definition) is 6. The predicted molar refractivity (Wildman–Crippen MR) is 123 cm³/mol. The van der Waals surface area contributed by atoms with Gasteiger partial charge in [-0.25, -0.2) is 4.98 Å². The van der Waals surface area contributed by atoms with Crippen LogP contribution in [0, 0.1) is 0 Å².